The maximum absolute atomic E-state index is 11.9. The van der Waals surface area contributed by atoms with Gasteiger partial charge in [-0.2, -0.15) is 0 Å². The third-order valence-corrected chi connectivity index (χ3v) is 3.06. The zero-order chi connectivity index (χ0) is 13.0. The lowest BCUT2D eigenvalue weighted by atomic mass is 10.00. The van der Waals surface area contributed by atoms with Crippen LogP contribution >= 0.6 is 0 Å². The Morgan fingerprint density at radius 3 is 2.61 bits per heavy atom. The summed E-state index contributed by atoms with van der Waals surface area (Å²) in [5.74, 6) is 0.0588. The third kappa shape index (κ3) is 3.13. The average molecular weight is 249 g/mol. The fourth-order valence-electron chi connectivity index (χ4n) is 2.05. The molecule has 0 aromatic heterocycles. The Labute approximate surface area is 105 Å². The fraction of sp³-hybridized carbons (Fsp3) is 0.462. The lowest BCUT2D eigenvalue weighted by molar-refractivity contribution is -0.384. The molecule has 96 valence electrons. The summed E-state index contributed by atoms with van der Waals surface area (Å²) in [4.78, 5) is 22.0. The Bertz CT molecular complexity index is 435. The Morgan fingerprint density at radius 2 is 2.06 bits per heavy atom. The lowest BCUT2D eigenvalue weighted by Crippen LogP contribution is -2.29. The number of carbonyl (C=O) groups is 1. The second kappa shape index (κ2) is 5.73. The van der Waals surface area contributed by atoms with Crippen molar-refractivity contribution in [2.24, 2.45) is 0 Å². The number of carbonyl (C=O) groups excluding carboxylic acids is 1. The van der Waals surface area contributed by atoms with Crippen molar-refractivity contribution >= 4 is 11.5 Å². The van der Waals surface area contributed by atoms with E-state index in [1.165, 1.54) is 12.1 Å². The van der Waals surface area contributed by atoms with Crippen LogP contribution in [0.25, 0.3) is 0 Å². The standard InChI is InChI=1S/C13H15NO4/c15-12(13-3-1-2-8-18-13)9-10-4-6-11(7-5-10)14(16)17/h4-7,13H,1-3,8-9H2. The van der Waals surface area contributed by atoms with E-state index in [0.717, 1.165) is 24.8 Å². The highest BCUT2D eigenvalue weighted by Crippen LogP contribution is 2.17. The van der Waals surface area contributed by atoms with Gasteiger partial charge in [-0.05, 0) is 24.8 Å². The molecule has 0 bridgehead atoms. The number of nitro benzene ring substituents is 1. The number of benzene rings is 1. The van der Waals surface area contributed by atoms with E-state index in [1.807, 2.05) is 0 Å². The molecule has 0 aliphatic carbocycles. The molecule has 2 rings (SSSR count). The number of Topliss-reactive ketones (excluding diaryl/α,β-unsaturated/α-hetero) is 1. The number of ether oxygens (including phenoxy) is 1. The quantitative estimate of drug-likeness (QED) is 0.606. The number of hydrogen-bond acceptors (Lipinski definition) is 4. The summed E-state index contributed by atoms with van der Waals surface area (Å²) in [5.41, 5.74) is 0.833. The largest absolute Gasteiger partial charge is 0.370 e. The van der Waals surface area contributed by atoms with E-state index in [0.29, 0.717) is 6.61 Å². The van der Waals surface area contributed by atoms with Crippen molar-refractivity contribution in [3.63, 3.8) is 0 Å². The molecule has 5 nitrogen and oxygen atoms in total. The Balaban J connectivity index is 1.96. The summed E-state index contributed by atoms with van der Waals surface area (Å²) in [6.45, 7) is 0.649. The predicted molar refractivity (Wildman–Crippen MR) is 65.4 cm³/mol. The molecule has 5 heteroatoms. The zero-order valence-corrected chi connectivity index (χ0v) is 10.0. The minimum Gasteiger partial charge on any atom is -0.370 e. The van der Waals surface area contributed by atoms with Crippen molar-refractivity contribution < 1.29 is 14.5 Å². The molecule has 0 radical (unpaired) electrons. The van der Waals surface area contributed by atoms with Gasteiger partial charge in [-0.1, -0.05) is 12.1 Å². The van der Waals surface area contributed by atoms with Crippen LogP contribution in [0.1, 0.15) is 24.8 Å². The van der Waals surface area contributed by atoms with Crippen LogP contribution in [0, 0.1) is 10.1 Å². The predicted octanol–water partition coefficient (Wildman–Crippen LogP) is 2.28. The second-order valence-electron chi connectivity index (χ2n) is 4.42. The highest BCUT2D eigenvalue weighted by molar-refractivity contribution is 5.85. The Morgan fingerprint density at radius 1 is 1.33 bits per heavy atom. The summed E-state index contributed by atoms with van der Waals surface area (Å²) < 4.78 is 5.42. The van der Waals surface area contributed by atoms with E-state index in [2.05, 4.69) is 0 Å². The first-order valence-corrected chi connectivity index (χ1v) is 6.04. The lowest BCUT2D eigenvalue weighted by Gasteiger charge is -2.21. The first kappa shape index (κ1) is 12.7. The highest BCUT2D eigenvalue weighted by atomic mass is 16.6. The van der Waals surface area contributed by atoms with E-state index in [-0.39, 0.29) is 24.0 Å². The maximum Gasteiger partial charge on any atom is 0.269 e. The molecular formula is C13H15NO4. The van der Waals surface area contributed by atoms with Gasteiger partial charge in [-0.3, -0.25) is 14.9 Å². The molecule has 1 heterocycles. The summed E-state index contributed by atoms with van der Waals surface area (Å²) >= 11 is 0. The Hall–Kier alpha value is -1.75. The van der Waals surface area contributed by atoms with Crippen LogP contribution in [-0.2, 0) is 16.0 Å². The summed E-state index contributed by atoms with van der Waals surface area (Å²) in [5, 5.41) is 10.5. The molecule has 1 aromatic carbocycles. The van der Waals surface area contributed by atoms with Crippen molar-refractivity contribution in [2.45, 2.75) is 31.8 Å². The molecule has 1 saturated heterocycles. The number of hydrogen-bond donors (Lipinski definition) is 0. The minimum atomic E-state index is -0.449. The minimum absolute atomic E-state index is 0.0418. The first-order valence-electron chi connectivity index (χ1n) is 6.04. The number of rotatable bonds is 4. The van der Waals surface area contributed by atoms with E-state index >= 15 is 0 Å². The third-order valence-electron chi connectivity index (χ3n) is 3.06. The molecule has 0 N–H and O–H groups in total. The van der Waals surface area contributed by atoms with Gasteiger partial charge in [0, 0.05) is 25.2 Å². The normalized spacial score (nSPS) is 19.4. The van der Waals surface area contributed by atoms with Crippen LogP contribution in [0.5, 0.6) is 0 Å². The van der Waals surface area contributed by atoms with Crippen molar-refractivity contribution in [1.29, 1.82) is 0 Å². The van der Waals surface area contributed by atoms with E-state index in [1.54, 1.807) is 12.1 Å². The van der Waals surface area contributed by atoms with Gasteiger partial charge in [-0.25, -0.2) is 0 Å². The van der Waals surface area contributed by atoms with Crippen LogP contribution in [-0.4, -0.2) is 23.4 Å². The fourth-order valence-corrected chi connectivity index (χ4v) is 2.05. The van der Waals surface area contributed by atoms with Crippen LogP contribution in [0.15, 0.2) is 24.3 Å². The number of ketones is 1. The number of non-ortho nitro benzene ring substituents is 1. The maximum atomic E-state index is 11.9. The van der Waals surface area contributed by atoms with Crippen LogP contribution in [0.2, 0.25) is 0 Å². The molecule has 18 heavy (non-hydrogen) atoms. The number of nitro groups is 1. The highest BCUT2D eigenvalue weighted by Gasteiger charge is 2.21. The van der Waals surface area contributed by atoms with Crippen molar-refractivity contribution in [3.05, 3.63) is 39.9 Å². The average Bonchev–Trinajstić information content (AvgIpc) is 2.40. The van der Waals surface area contributed by atoms with E-state index in [9.17, 15) is 14.9 Å². The molecule has 0 saturated carbocycles. The zero-order valence-electron chi connectivity index (χ0n) is 10.0. The van der Waals surface area contributed by atoms with Crippen molar-refractivity contribution in [2.75, 3.05) is 6.61 Å². The van der Waals surface area contributed by atoms with Gasteiger partial charge < -0.3 is 4.74 Å². The molecule has 1 aliphatic heterocycles. The summed E-state index contributed by atoms with van der Waals surface area (Å²) in [6, 6.07) is 6.09. The van der Waals surface area contributed by atoms with Gasteiger partial charge in [0.25, 0.3) is 5.69 Å². The molecule has 1 fully saturated rings. The van der Waals surface area contributed by atoms with Gasteiger partial charge in [0.05, 0.1) is 4.92 Å². The van der Waals surface area contributed by atoms with Gasteiger partial charge in [0.15, 0.2) is 5.78 Å². The molecule has 1 unspecified atom stereocenters. The van der Waals surface area contributed by atoms with Crippen LogP contribution < -0.4 is 0 Å². The van der Waals surface area contributed by atoms with E-state index < -0.39 is 4.92 Å². The molecule has 1 aromatic rings. The Kier molecular flexibility index (Phi) is 4.04. The van der Waals surface area contributed by atoms with Gasteiger partial charge in [-0.15, -0.1) is 0 Å². The van der Waals surface area contributed by atoms with Crippen molar-refractivity contribution in [1.82, 2.24) is 0 Å². The van der Waals surface area contributed by atoms with Crippen LogP contribution in [0.3, 0.4) is 0 Å². The molecule has 0 spiro atoms. The molecule has 0 amide bonds. The van der Waals surface area contributed by atoms with Crippen LogP contribution in [0.4, 0.5) is 5.69 Å². The van der Waals surface area contributed by atoms with E-state index in [4.69, 9.17) is 4.74 Å². The second-order valence-corrected chi connectivity index (χ2v) is 4.42. The topological polar surface area (TPSA) is 69.4 Å². The summed E-state index contributed by atoms with van der Waals surface area (Å²) in [6.07, 6.45) is 2.81. The SMILES string of the molecule is O=C(Cc1ccc([N+](=O)[O-])cc1)C1CCCCO1. The summed E-state index contributed by atoms with van der Waals surface area (Å²) in [7, 11) is 0. The molecular weight excluding hydrogens is 234 g/mol. The van der Waals surface area contributed by atoms with Gasteiger partial charge in [0.2, 0.25) is 0 Å². The van der Waals surface area contributed by atoms with Gasteiger partial charge in [0.1, 0.15) is 6.10 Å². The van der Waals surface area contributed by atoms with Gasteiger partial charge >= 0.3 is 0 Å². The first-order chi connectivity index (χ1) is 8.66. The molecule has 1 atom stereocenters. The molecule has 1 aliphatic rings. The monoisotopic (exact) mass is 249 g/mol. The van der Waals surface area contributed by atoms with Crippen molar-refractivity contribution in [3.8, 4) is 0 Å². The number of nitrogens with zero attached hydrogens (tertiary/aromatic N) is 1. The smallest absolute Gasteiger partial charge is 0.269 e.